The van der Waals surface area contributed by atoms with Gasteiger partial charge in [-0.25, -0.2) is 0 Å². The van der Waals surface area contributed by atoms with E-state index in [1.807, 2.05) is 6.92 Å². The van der Waals surface area contributed by atoms with Crippen LogP contribution in [0.5, 0.6) is 0 Å². The second kappa shape index (κ2) is 7.52. The maximum atomic E-state index is 11.5. The molecule has 0 aromatic carbocycles. The molecule has 0 heterocycles. The number of aliphatic hydroxyl groups excluding tert-OH is 1. The minimum absolute atomic E-state index is 0.00366. The number of aliphatic hydroxyl groups is 2. The number of rotatable bonds is 4. The molecule has 0 unspecified atom stereocenters. The molecule has 0 aromatic heterocycles. The first-order valence-electron chi connectivity index (χ1n) is 12.3. The second-order valence-corrected chi connectivity index (χ2v) is 12.0. The normalized spacial score (nSPS) is 46.0. The Labute approximate surface area is 178 Å². The van der Waals surface area contributed by atoms with Gasteiger partial charge in [0.15, 0.2) is 0 Å². The van der Waals surface area contributed by atoms with Crippen molar-refractivity contribution in [1.29, 1.82) is 0 Å². The molecule has 0 aromatic rings. The van der Waals surface area contributed by atoms with Crippen LogP contribution in [-0.4, -0.2) is 21.9 Å². The number of hydrogen-bond donors (Lipinski definition) is 2. The molecule has 3 fully saturated rings. The van der Waals surface area contributed by atoms with E-state index in [1.165, 1.54) is 50.5 Å². The summed E-state index contributed by atoms with van der Waals surface area (Å²) in [6.07, 6.45) is 16.1. The van der Waals surface area contributed by atoms with E-state index in [4.69, 9.17) is 0 Å². The van der Waals surface area contributed by atoms with Crippen LogP contribution >= 0.6 is 0 Å². The Morgan fingerprint density at radius 1 is 1.21 bits per heavy atom. The number of hydrogen-bond acceptors (Lipinski definition) is 2. The molecule has 0 radical (unpaired) electrons. The van der Waals surface area contributed by atoms with Crippen LogP contribution in [-0.2, 0) is 0 Å². The molecule has 0 aliphatic heterocycles. The summed E-state index contributed by atoms with van der Waals surface area (Å²) in [5.74, 6) is 2.01. The number of fused-ring (bicyclic) bond motifs is 5. The minimum Gasteiger partial charge on any atom is -0.393 e. The van der Waals surface area contributed by atoms with E-state index in [0.717, 1.165) is 25.2 Å². The van der Waals surface area contributed by atoms with Gasteiger partial charge in [-0.2, -0.15) is 0 Å². The topological polar surface area (TPSA) is 40.5 Å². The number of allylic oxidation sites excluding steroid dienone is 4. The molecule has 2 nitrogen and oxygen atoms in total. The van der Waals surface area contributed by atoms with Crippen molar-refractivity contribution in [3.63, 3.8) is 0 Å². The van der Waals surface area contributed by atoms with Crippen LogP contribution in [0.25, 0.3) is 0 Å². The molecule has 0 spiro atoms. The molecule has 4 aliphatic carbocycles. The molecule has 0 amide bonds. The Balaban J connectivity index is 1.60. The van der Waals surface area contributed by atoms with Gasteiger partial charge in [0.05, 0.1) is 11.7 Å². The maximum absolute atomic E-state index is 11.5. The highest BCUT2D eigenvalue weighted by Crippen LogP contribution is 2.67. The first-order chi connectivity index (χ1) is 13.6. The third-order valence-electron chi connectivity index (χ3n) is 9.92. The average Bonchev–Trinajstić information content (AvgIpc) is 2.91. The van der Waals surface area contributed by atoms with Crippen LogP contribution in [0.15, 0.2) is 23.3 Å². The Morgan fingerprint density at radius 3 is 2.69 bits per heavy atom. The van der Waals surface area contributed by atoms with E-state index < -0.39 is 5.60 Å². The summed E-state index contributed by atoms with van der Waals surface area (Å²) < 4.78 is 0. The smallest absolute Gasteiger partial charge is 0.0680 e. The Kier molecular flexibility index (Phi) is 5.61. The van der Waals surface area contributed by atoms with Crippen molar-refractivity contribution in [2.75, 3.05) is 0 Å². The summed E-state index contributed by atoms with van der Waals surface area (Å²) in [6.45, 7) is 11.2. The van der Waals surface area contributed by atoms with Gasteiger partial charge < -0.3 is 10.2 Å². The van der Waals surface area contributed by atoms with E-state index in [1.54, 1.807) is 5.57 Å². The summed E-state index contributed by atoms with van der Waals surface area (Å²) in [4.78, 5) is 0. The lowest BCUT2D eigenvalue weighted by molar-refractivity contribution is -0.121. The van der Waals surface area contributed by atoms with Gasteiger partial charge in [-0.05, 0) is 107 Å². The minimum atomic E-state index is -0.799. The van der Waals surface area contributed by atoms with Crippen molar-refractivity contribution >= 4 is 0 Å². The van der Waals surface area contributed by atoms with Crippen molar-refractivity contribution in [2.24, 2.45) is 34.5 Å². The molecule has 4 rings (SSSR count). The van der Waals surface area contributed by atoms with Crippen molar-refractivity contribution in [2.45, 2.75) is 111 Å². The van der Waals surface area contributed by atoms with E-state index >= 15 is 0 Å². The zero-order valence-corrected chi connectivity index (χ0v) is 19.5. The third kappa shape index (κ3) is 3.47. The van der Waals surface area contributed by atoms with Gasteiger partial charge in [0.1, 0.15) is 0 Å². The molecule has 0 saturated heterocycles. The average molecular weight is 401 g/mol. The predicted molar refractivity (Wildman–Crippen MR) is 120 cm³/mol. The van der Waals surface area contributed by atoms with Crippen LogP contribution in [0.1, 0.15) is 98.8 Å². The zero-order valence-electron chi connectivity index (χ0n) is 19.5. The molecule has 164 valence electrons. The monoisotopic (exact) mass is 400 g/mol. The molecule has 2 heteroatoms. The Morgan fingerprint density at radius 2 is 1.97 bits per heavy atom. The van der Waals surface area contributed by atoms with Crippen LogP contribution < -0.4 is 0 Å². The fourth-order valence-electron chi connectivity index (χ4n) is 8.65. The van der Waals surface area contributed by atoms with Crippen molar-refractivity contribution in [3.05, 3.63) is 23.3 Å². The molecule has 4 aliphatic rings. The van der Waals surface area contributed by atoms with Crippen molar-refractivity contribution in [1.82, 2.24) is 0 Å². The molecular weight excluding hydrogens is 356 g/mol. The molecule has 2 N–H and O–H groups in total. The summed E-state index contributed by atoms with van der Waals surface area (Å²) in [7, 11) is 0. The maximum Gasteiger partial charge on any atom is 0.0680 e. The van der Waals surface area contributed by atoms with Gasteiger partial charge in [-0.3, -0.25) is 0 Å². The Hall–Kier alpha value is -0.600. The van der Waals surface area contributed by atoms with Gasteiger partial charge in [0.2, 0.25) is 0 Å². The fraction of sp³-hybridized carbons (Fsp3) is 0.852. The van der Waals surface area contributed by atoms with Gasteiger partial charge in [0, 0.05) is 5.92 Å². The standard InChI is InChI=1S/C27H44O2/c1-18(2)9-8-15-27(5,29)24-23(28)17-22-20-12-11-19-10-6-7-14-25(19,3)21(20)13-16-26(22,24)4/h9,11,20-24,28-29H,6-8,10,12-17H2,1-5H3/t20-,21+,22+,23+,24+,25+,26+,27-/m1/s1. The lowest BCUT2D eigenvalue weighted by Gasteiger charge is -2.58. The lowest BCUT2D eigenvalue weighted by atomic mass is 9.47. The van der Waals surface area contributed by atoms with Crippen LogP contribution in [0.4, 0.5) is 0 Å². The van der Waals surface area contributed by atoms with E-state index in [-0.39, 0.29) is 17.4 Å². The zero-order chi connectivity index (χ0) is 21.0. The summed E-state index contributed by atoms with van der Waals surface area (Å²) >= 11 is 0. The summed E-state index contributed by atoms with van der Waals surface area (Å²) in [5.41, 5.74) is 2.72. The van der Waals surface area contributed by atoms with Crippen molar-refractivity contribution in [3.8, 4) is 0 Å². The highest BCUT2D eigenvalue weighted by Gasteiger charge is 2.63. The highest BCUT2D eigenvalue weighted by atomic mass is 16.3. The van der Waals surface area contributed by atoms with E-state index in [0.29, 0.717) is 17.3 Å². The van der Waals surface area contributed by atoms with Crippen LogP contribution in [0.3, 0.4) is 0 Å². The molecule has 0 bridgehead atoms. The molecular formula is C27H44O2. The Bertz CT molecular complexity index is 685. The van der Waals surface area contributed by atoms with Crippen molar-refractivity contribution < 1.29 is 10.2 Å². The summed E-state index contributed by atoms with van der Waals surface area (Å²) in [5, 5.41) is 22.8. The van der Waals surface area contributed by atoms with E-state index in [2.05, 4.69) is 39.8 Å². The van der Waals surface area contributed by atoms with Gasteiger partial charge in [-0.1, -0.05) is 43.6 Å². The van der Waals surface area contributed by atoms with Crippen LogP contribution in [0, 0.1) is 34.5 Å². The van der Waals surface area contributed by atoms with E-state index in [9.17, 15) is 10.2 Å². The first-order valence-corrected chi connectivity index (χ1v) is 12.3. The third-order valence-corrected chi connectivity index (χ3v) is 9.92. The quantitative estimate of drug-likeness (QED) is 0.534. The first kappa shape index (κ1) is 21.6. The van der Waals surface area contributed by atoms with Gasteiger partial charge >= 0.3 is 0 Å². The molecule has 3 saturated carbocycles. The fourth-order valence-corrected chi connectivity index (χ4v) is 8.65. The SMILES string of the molecule is CC(C)=CCC[C@@](C)(O)[C@H]1[C@@H](O)C[C@H]2[C@@H]3CC=C4CCCC[C@]4(C)[C@H]3CC[C@@]21C. The highest BCUT2D eigenvalue weighted by molar-refractivity contribution is 5.25. The lowest BCUT2D eigenvalue weighted by Crippen LogP contribution is -2.53. The largest absolute Gasteiger partial charge is 0.393 e. The van der Waals surface area contributed by atoms with Gasteiger partial charge in [0.25, 0.3) is 0 Å². The second-order valence-electron chi connectivity index (χ2n) is 12.0. The molecule has 29 heavy (non-hydrogen) atoms. The van der Waals surface area contributed by atoms with Gasteiger partial charge in [-0.15, -0.1) is 0 Å². The summed E-state index contributed by atoms with van der Waals surface area (Å²) in [6, 6.07) is 0. The predicted octanol–water partition coefficient (Wildman–Crippen LogP) is 6.42. The van der Waals surface area contributed by atoms with Crippen LogP contribution in [0.2, 0.25) is 0 Å². The molecule has 8 atom stereocenters.